The zero-order valence-electron chi connectivity index (χ0n) is 13.1. The highest BCUT2D eigenvalue weighted by Crippen LogP contribution is 2.20. The molecule has 1 aromatic rings. The van der Waals surface area contributed by atoms with Crippen LogP contribution in [0.5, 0.6) is 0 Å². The topological polar surface area (TPSA) is 91.5 Å². The first-order chi connectivity index (χ1) is 11.7. The van der Waals surface area contributed by atoms with Crippen LogP contribution in [0.4, 0.5) is 13.2 Å². The summed E-state index contributed by atoms with van der Waals surface area (Å²) in [5.74, 6) is 0.815. The summed E-state index contributed by atoms with van der Waals surface area (Å²) in [4.78, 5) is 14.4. The Morgan fingerprint density at radius 3 is 2.68 bits per heavy atom. The summed E-state index contributed by atoms with van der Waals surface area (Å²) in [6.07, 6.45) is -3.19. The van der Waals surface area contributed by atoms with Gasteiger partial charge in [0.1, 0.15) is 17.2 Å². The molecule has 0 atom stereocenters. The van der Waals surface area contributed by atoms with Gasteiger partial charge in [-0.05, 0) is 6.07 Å². The van der Waals surface area contributed by atoms with Crippen LogP contribution in [-0.4, -0.2) is 74.1 Å². The SMILES string of the molecule is O=C(NCCOCC(F)(F)F)c1cc(S(=O)(=O)N2CCSCC2)c[nH]1. The zero-order chi connectivity index (χ0) is 18.5. The molecule has 0 bridgehead atoms. The monoisotopic (exact) mass is 401 g/mol. The maximum atomic E-state index is 12.5. The van der Waals surface area contributed by atoms with E-state index in [1.54, 1.807) is 11.8 Å². The lowest BCUT2D eigenvalue weighted by Gasteiger charge is -2.24. The number of ether oxygens (including phenoxy) is 1. The molecule has 0 unspecified atom stereocenters. The molecule has 1 fully saturated rings. The van der Waals surface area contributed by atoms with E-state index in [9.17, 15) is 26.4 Å². The quantitative estimate of drug-likeness (QED) is 0.667. The Labute approximate surface area is 147 Å². The molecule has 1 aromatic heterocycles. The molecule has 0 radical (unpaired) electrons. The van der Waals surface area contributed by atoms with Gasteiger partial charge in [0.25, 0.3) is 5.91 Å². The number of aromatic amines is 1. The molecule has 0 aliphatic carbocycles. The smallest absolute Gasteiger partial charge is 0.370 e. The summed E-state index contributed by atoms with van der Waals surface area (Å²) in [6, 6.07) is 1.21. The molecule has 2 N–H and O–H groups in total. The molecule has 0 saturated carbocycles. The Morgan fingerprint density at radius 2 is 2.04 bits per heavy atom. The Kier molecular flexibility index (Phi) is 6.77. The van der Waals surface area contributed by atoms with Gasteiger partial charge in [0, 0.05) is 37.3 Å². The summed E-state index contributed by atoms with van der Waals surface area (Å²) in [5.41, 5.74) is 0.0146. The molecule has 1 aliphatic heterocycles. The number of aromatic nitrogens is 1. The van der Waals surface area contributed by atoms with E-state index in [2.05, 4.69) is 15.0 Å². The van der Waals surface area contributed by atoms with Crippen molar-refractivity contribution in [1.82, 2.24) is 14.6 Å². The van der Waals surface area contributed by atoms with Gasteiger partial charge in [-0.1, -0.05) is 0 Å². The van der Waals surface area contributed by atoms with Crippen LogP contribution in [0.25, 0.3) is 0 Å². The predicted molar refractivity (Wildman–Crippen MR) is 86.1 cm³/mol. The molecule has 25 heavy (non-hydrogen) atoms. The van der Waals surface area contributed by atoms with E-state index in [1.165, 1.54) is 16.6 Å². The maximum Gasteiger partial charge on any atom is 0.411 e. The molecule has 0 spiro atoms. The van der Waals surface area contributed by atoms with Gasteiger partial charge in [-0.3, -0.25) is 4.79 Å². The predicted octanol–water partition coefficient (Wildman–Crippen LogP) is 1.06. The molecular weight excluding hydrogens is 383 g/mol. The molecular formula is C13H18F3N3O4S2. The fourth-order valence-electron chi connectivity index (χ4n) is 2.11. The number of hydrogen-bond acceptors (Lipinski definition) is 5. The minimum Gasteiger partial charge on any atom is -0.370 e. The lowest BCUT2D eigenvalue weighted by molar-refractivity contribution is -0.173. The van der Waals surface area contributed by atoms with E-state index in [0.29, 0.717) is 13.1 Å². The van der Waals surface area contributed by atoms with Crippen LogP contribution in [0.3, 0.4) is 0 Å². The molecule has 1 amide bonds. The number of sulfonamides is 1. The minimum absolute atomic E-state index is 0.0146. The van der Waals surface area contributed by atoms with Crippen LogP contribution in [0, 0.1) is 0 Å². The number of carbonyl (C=O) groups excluding carboxylic acids is 1. The average Bonchev–Trinajstić information content (AvgIpc) is 3.05. The van der Waals surface area contributed by atoms with E-state index in [-0.39, 0.29) is 23.7 Å². The van der Waals surface area contributed by atoms with Crippen molar-refractivity contribution in [3.8, 4) is 0 Å². The molecule has 2 rings (SSSR count). The van der Waals surface area contributed by atoms with Crippen LogP contribution in [0.2, 0.25) is 0 Å². The Balaban J connectivity index is 1.86. The van der Waals surface area contributed by atoms with Gasteiger partial charge in [-0.2, -0.15) is 29.2 Å². The fourth-order valence-corrected chi connectivity index (χ4v) is 4.68. The highest BCUT2D eigenvalue weighted by atomic mass is 32.2. The number of amides is 1. The lowest BCUT2D eigenvalue weighted by atomic mass is 10.4. The van der Waals surface area contributed by atoms with Gasteiger partial charge in [-0.15, -0.1) is 0 Å². The normalized spacial score (nSPS) is 16.8. The first-order valence-electron chi connectivity index (χ1n) is 7.39. The van der Waals surface area contributed by atoms with E-state index in [0.717, 1.165) is 11.5 Å². The fraction of sp³-hybridized carbons (Fsp3) is 0.615. The number of carbonyl (C=O) groups is 1. The van der Waals surface area contributed by atoms with Gasteiger partial charge in [0.15, 0.2) is 0 Å². The summed E-state index contributed by atoms with van der Waals surface area (Å²) in [7, 11) is -3.66. The van der Waals surface area contributed by atoms with Gasteiger partial charge >= 0.3 is 6.18 Å². The number of rotatable bonds is 7. The maximum absolute atomic E-state index is 12.5. The first-order valence-corrected chi connectivity index (χ1v) is 9.98. The third-order valence-electron chi connectivity index (χ3n) is 3.31. The molecule has 7 nitrogen and oxygen atoms in total. The average molecular weight is 401 g/mol. The van der Waals surface area contributed by atoms with Crippen molar-refractivity contribution >= 4 is 27.7 Å². The van der Waals surface area contributed by atoms with Gasteiger partial charge in [0.2, 0.25) is 10.0 Å². The highest BCUT2D eigenvalue weighted by molar-refractivity contribution is 7.99. The van der Waals surface area contributed by atoms with Crippen LogP contribution < -0.4 is 5.32 Å². The van der Waals surface area contributed by atoms with Gasteiger partial charge < -0.3 is 15.0 Å². The van der Waals surface area contributed by atoms with E-state index >= 15 is 0 Å². The molecule has 0 aromatic carbocycles. The number of thioether (sulfide) groups is 1. The largest absolute Gasteiger partial charge is 0.411 e. The van der Waals surface area contributed by atoms with Crippen LogP contribution in [-0.2, 0) is 14.8 Å². The van der Waals surface area contributed by atoms with Crippen molar-refractivity contribution in [3.63, 3.8) is 0 Å². The Morgan fingerprint density at radius 1 is 1.36 bits per heavy atom. The van der Waals surface area contributed by atoms with Crippen LogP contribution >= 0.6 is 11.8 Å². The standard InChI is InChI=1S/C13H18F3N3O4S2/c14-13(15,16)9-23-4-1-17-12(20)11-7-10(8-18-11)25(21,22)19-2-5-24-6-3-19/h7-8,18H,1-6,9H2,(H,17,20). The van der Waals surface area contributed by atoms with Crippen LogP contribution in [0.1, 0.15) is 10.5 Å². The van der Waals surface area contributed by atoms with E-state index < -0.39 is 28.7 Å². The van der Waals surface area contributed by atoms with Crippen molar-refractivity contribution in [2.75, 3.05) is 44.4 Å². The first kappa shape index (κ1) is 20.1. The van der Waals surface area contributed by atoms with Gasteiger partial charge in [-0.25, -0.2) is 8.42 Å². The highest BCUT2D eigenvalue weighted by Gasteiger charge is 2.28. The Hall–Kier alpha value is -1.24. The number of H-pyrrole nitrogens is 1. The molecule has 1 saturated heterocycles. The number of hydrogen-bond donors (Lipinski definition) is 2. The third-order valence-corrected chi connectivity index (χ3v) is 6.13. The zero-order valence-corrected chi connectivity index (χ0v) is 14.8. The van der Waals surface area contributed by atoms with Crippen molar-refractivity contribution in [1.29, 1.82) is 0 Å². The second kappa shape index (κ2) is 8.43. The van der Waals surface area contributed by atoms with Crippen molar-refractivity contribution in [2.24, 2.45) is 0 Å². The van der Waals surface area contributed by atoms with Crippen molar-refractivity contribution in [2.45, 2.75) is 11.1 Å². The summed E-state index contributed by atoms with van der Waals surface area (Å²) in [5, 5.41) is 2.36. The number of halogens is 3. The van der Waals surface area contributed by atoms with Gasteiger partial charge in [0.05, 0.1) is 6.61 Å². The summed E-state index contributed by atoms with van der Waals surface area (Å²) in [6.45, 7) is -0.990. The van der Waals surface area contributed by atoms with Crippen molar-refractivity contribution in [3.05, 3.63) is 18.0 Å². The van der Waals surface area contributed by atoms with Crippen molar-refractivity contribution < 1.29 is 31.1 Å². The molecule has 2 heterocycles. The second-order valence-electron chi connectivity index (χ2n) is 5.19. The number of nitrogens with one attached hydrogen (secondary N) is 2. The number of alkyl halides is 3. The number of nitrogens with zero attached hydrogens (tertiary/aromatic N) is 1. The summed E-state index contributed by atoms with van der Waals surface area (Å²) >= 11 is 1.67. The summed E-state index contributed by atoms with van der Waals surface area (Å²) < 4.78 is 66.3. The molecule has 12 heteroatoms. The lowest BCUT2D eigenvalue weighted by Crippen LogP contribution is -2.37. The minimum atomic E-state index is -4.42. The van der Waals surface area contributed by atoms with Crippen LogP contribution in [0.15, 0.2) is 17.2 Å². The van der Waals surface area contributed by atoms with E-state index in [4.69, 9.17) is 0 Å². The van der Waals surface area contributed by atoms with E-state index in [1.807, 2.05) is 0 Å². The Bertz CT molecular complexity index is 685. The molecule has 1 aliphatic rings. The molecule has 142 valence electrons. The second-order valence-corrected chi connectivity index (χ2v) is 8.35. The third kappa shape index (κ3) is 5.90.